The van der Waals surface area contributed by atoms with Crippen LogP contribution in [0.25, 0.3) is 26.6 Å². The van der Waals surface area contributed by atoms with E-state index in [0.29, 0.717) is 11.3 Å². The average Bonchev–Trinajstić information content (AvgIpc) is 3.45. The molecule has 0 spiro atoms. The molecule has 0 atom stereocenters. The van der Waals surface area contributed by atoms with E-state index in [1.165, 1.54) is 11.0 Å². The van der Waals surface area contributed by atoms with E-state index in [1.807, 2.05) is 43.3 Å². The van der Waals surface area contributed by atoms with Crippen LogP contribution >= 0.6 is 11.3 Å². The van der Waals surface area contributed by atoms with Gasteiger partial charge in [0.05, 0.1) is 5.69 Å². The number of thiazole rings is 1. The second kappa shape index (κ2) is 7.45. The number of benzene rings is 2. The van der Waals surface area contributed by atoms with Crippen molar-refractivity contribution in [3.05, 3.63) is 78.2 Å². The number of amides is 1. The van der Waals surface area contributed by atoms with Crippen LogP contribution in [0.5, 0.6) is 0 Å². The predicted molar refractivity (Wildman–Crippen MR) is 115 cm³/mol. The summed E-state index contributed by atoms with van der Waals surface area (Å²) in [5, 5.41) is 15.0. The van der Waals surface area contributed by atoms with E-state index in [-0.39, 0.29) is 5.91 Å². The van der Waals surface area contributed by atoms with Gasteiger partial charge < -0.3 is 5.32 Å². The molecule has 0 aliphatic carbocycles. The second-order valence-corrected chi connectivity index (χ2v) is 7.61. The van der Waals surface area contributed by atoms with E-state index in [4.69, 9.17) is 0 Å². The minimum atomic E-state index is -0.204. The summed E-state index contributed by atoms with van der Waals surface area (Å²) in [6, 6.07) is 16.8. The number of carbonyl (C=O) groups is 1. The van der Waals surface area contributed by atoms with Crippen LogP contribution in [0.4, 0.5) is 5.69 Å². The first kappa shape index (κ1) is 18.1. The van der Waals surface area contributed by atoms with Crippen molar-refractivity contribution in [3.63, 3.8) is 0 Å². The smallest absolute Gasteiger partial charge is 0.255 e. The van der Waals surface area contributed by atoms with Crippen molar-refractivity contribution in [1.82, 2.24) is 30.2 Å². The summed E-state index contributed by atoms with van der Waals surface area (Å²) in [5.41, 5.74) is 4.80. The Labute approximate surface area is 175 Å². The number of aryl methyl sites for hydroxylation is 1. The molecule has 3 heterocycles. The first-order valence-electron chi connectivity index (χ1n) is 9.15. The Morgan fingerprint density at radius 2 is 2.03 bits per heavy atom. The van der Waals surface area contributed by atoms with Crippen molar-refractivity contribution >= 4 is 33.3 Å². The molecule has 2 aromatic carbocycles. The van der Waals surface area contributed by atoms with Crippen molar-refractivity contribution in [1.29, 1.82) is 0 Å². The van der Waals surface area contributed by atoms with Crippen molar-refractivity contribution in [2.45, 2.75) is 6.92 Å². The number of hydrogen-bond donors (Lipinski definition) is 1. The Bertz CT molecular complexity index is 1330. The fourth-order valence-corrected chi connectivity index (χ4v) is 4.00. The van der Waals surface area contributed by atoms with Gasteiger partial charge in [0.25, 0.3) is 5.91 Å². The lowest BCUT2D eigenvalue weighted by atomic mass is 10.1. The maximum Gasteiger partial charge on any atom is 0.255 e. The van der Waals surface area contributed by atoms with Gasteiger partial charge in [-0.15, -0.1) is 5.10 Å². The van der Waals surface area contributed by atoms with Crippen LogP contribution in [-0.4, -0.2) is 36.1 Å². The maximum atomic E-state index is 12.8. The Morgan fingerprint density at radius 3 is 2.83 bits per heavy atom. The Kier molecular flexibility index (Phi) is 4.49. The van der Waals surface area contributed by atoms with Crippen LogP contribution in [0.1, 0.15) is 15.9 Å². The van der Waals surface area contributed by atoms with Crippen LogP contribution in [-0.2, 0) is 0 Å². The van der Waals surface area contributed by atoms with Gasteiger partial charge in [-0.25, -0.2) is 14.6 Å². The monoisotopic (exact) mass is 413 g/mol. The summed E-state index contributed by atoms with van der Waals surface area (Å²) in [4.78, 5) is 22.7. The molecule has 5 aromatic rings. The molecular weight excluding hydrogens is 398 g/mol. The van der Waals surface area contributed by atoms with Crippen molar-refractivity contribution < 1.29 is 4.79 Å². The fourth-order valence-electron chi connectivity index (χ4n) is 3.09. The molecule has 0 aliphatic heterocycles. The molecule has 146 valence electrons. The quantitative estimate of drug-likeness (QED) is 0.480. The van der Waals surface area contributed by atoms with Gasteiger partial charge in [0, 0.05) is 23.0 Å². The van der Waals surface area contributed by atoms with E-state index in [2.05, 4.69) is 30.8 Å². The highest BCUT2D eigenvalue weighted by molar-refractivity contribution is 7.21. The van der Waals surface area contributed by atoms with Gasteiger partial charge in [0.15, 0.2) is 0 Å². The minimum Gasteiger partial charge on any atom is -0.322 e. The molecule has 0 bridgehead atoms. The van der Waals surface area contributed by atoms with Gasteiger partial charge in [-0.05, 0) is 71.4 Å². The summed E-state index contributed by atoms with van der Waals surface area (Å²) in [6.07, 6.45) is 3.25. The minimum absolute atomic E-state index is 0.204. The second-order valence-electron chi connectivity index (χ2n) is 6.64. The number of rotatable bonds is 4. The number of fused-ring (bicyclic) bond motifs is 1. The summed E-state index contributed by atoms with van der Waals surface area (Å²) >= 11 is 1.55. The normalized spacial score (nSPS) is 11.0. The number of nitrogens with zero attached hydrogens (tertiary/aromatic N) is 6. The topological polar surface area (TPSA) is 98.5 Å². The highest BCUT2D eigenvalue weighted by atomic mass is 32.1. The zero-order valence-electron chi connectivity index (χ0n) is 15.9. The first-order valence-corrected chi connectivity index (χ1v) is 9.96. The largest absolute Gasteiger partial charge is 0.322 e. The molecule has 0 radical (unpaired) electrons. The van der Waals surface area contributed by atoms with Gasteiger partial charge in [0.1, 0.15) is 21.7 Å². The summed E-state index contributed by atoms with van der Waals surface area (Å²) in [7, 11) is 0. The van der Waals surface area contributed by atoms with E-state index in [9.17, 15) is 4.79 Å². The number of aromatic nitrogens is 6. The van der Waals surface area contributed by atoms with Gasteiger partial charge >= 0.3 is 0 Å². The van der Waals surface area contributed by atoms with Crippen LogP contribution in [0.2, 0.25) is 0 Å². The molecule has 8 nitrogen and oxygen atoms in total. The zero-order chi connectivity index (χ0) is 20.5. The van der Waals surface area contributed by atoms with Crippen molar-refractivity contribution in [3.8, 4) is 16.3 Å². The van der Waals surface area contributed by atoms with Crippen molar-refractivity contribution in [2.75, 3.05) is 5.32 Å². The van der Waals surface area contributed by atoms with Crippen molar-refractivity contribution in [2.24, 2.45) is 0 Å². The molecule has 0 fully saturated rings. The number of carbonyl (C=O) groups excluding carboxylic acids is 1. The van der Waals surface area contributed by atoms with Crippen LogP contribution in [0.15, 0.2) is 67.1 Å². The van der Waals surface area contributed by atoms with E-state index < -0.39 is 0 Å². The van der Waals surface area contributed by atoms with E-state index in [1.54, 1.807) is 35.7 Å². The van der Waals surface area contributed by atoms with Crippen LogP contribution < -0.4 is 5.32 Å². The van der Waals surface area contributed by atoms with Gasteiger partial charge in [0.2, 0.25) is 0 Å². The lowest BCUT2D eigenvalue weighted by molar-refractivity contribution is 0.102. The average molecular weight is 413 g/mol. The number of hydrogen-bond acceptors (Lipinski definition) is 7. The Morgan fingerprint density at radius 1 is 1.10 bits per heavy atom. The SMILES string of the molecule is Cc1cc(-c2nc3cccnc3s2)ccc1NC(=O)c1cccc(-n2cnnn2)c1. The molecular formula is C21H15N7OS. The molecule has 9 heteroatoms. The van der Waals surface area contributed by atoms with E-state index >= 15 is 0 Å². The van der Waals surface area contributed by atoms with Crippen LogP contribution in [0.3, 0.4) is 0 Å². The fraction of sp³-hybridized carbons (Fsp3) is 0.0476. The first-order chi connectivity index (χ1) is 14.7. The lowest BCUT2D eigenvalue weighted by Crippen LogP contribution is -2.13. The Hall–Kier alpha value is -3.98. The molecule has 0 aliphatic rings. The van der Waals surface area contributed by atoms with Gasteiger partial charge in [-0.1, -0.05) is 17.4 Å². The third-order valence-corrected chi connectivity index (χ3v) is 5.64. The number of pyridine rings is 1. The van der Waals surface area contributed by atoms with Gasteiger partial charge in [-0.2, -0.15) is 0 Å². The number of anilines is 1. The molecule has 0 unspecified atom stereocenters. The van der Waals surface area contributed by atoms with Gasteiger partial charge in [-0.3, -0.25) is 4.79 Å². The zero-order valence-corrected chi connectivity index (χ0v) is 16.7. The standard InChI is InChI=1S/C21H15N7OS/c1-13-10-15(20-25-18-6-3-9-22-21(18)30-20)7-8-17(13)24-19(29)14-4-2-5-16(11-14)28-12-23-26-27-28/h2-12H,1H3,(H,24,29). The summed E-state index contributed by atoms with van der Waals surface area (Å²) in [6.45, 7) is 1.96. The van der Waals surface area contributed by atoms with Crippen LogP contribution in [0, 0.1) is 6.92 Å². The molecule has 30 heavy (non-hydrogen) atoms. The highest BCUT2D eigenvalue weighted by Crippen LogP contribution is 2.31. The molecule has 1 amide bonds. The molecule has 0 saturated carbocycles. The summed E-state index contributed by atoms with van der Waals surface area (Å²) < 4.78 is 1.50. The third kappa shape index (κ3) is 3.42. The number of nitrogens with one attached hydrogen (secondary N) is 1. The molecule has 5 rings (SSSR count). The lowest BCUT2D eigenvalue weighted by Gasteiger charge is -2.10. The third-order valence-electron chi connectivity index (χ3n) is 4.61. The molecule has 1 N–H and O–H groups in total. The van der Waals surface area contributed by atoms with E-state index in [0.717, 1.165) is 32.2 Å². The maximum absolute atomic E-state index is 12.8. The molecule has 0 saturated heterocycles. The number of tetrazole rings is 1. The molecule has 3 aromatic heterocycles. The Balaban J connectivity index is 1.39. The summed E-state index contributed by atoms with van der Waals surface area (Å²) in [5.74, 6) is -0.204. The predicted octanol–water partition coefficient (Wildman–Crippen LogP) is 3.89. The highest BCUT2D eigenvalue weighted by Gasteiger charge is 2.12.